The Morgan fingerprint density at radius 2 is 2.12 bits per heavy atom. The summed E-state index contributed by atoms with van der Waals surface area (Å²) in [4.78, 5) is 2.57. The van der Waals surface area contributed by atoms with Crippen LogP contribution in [0.5, 0.6) is 0 Å². The zero-order valence-corrected chi connectivity index (χ0v) is 10.8. The Hall–Kier alpha value is -0.120. The number of hydrogen-bond donors (Lipinski definition) is 1. The first-order valence-electron chi connectivity index (χ1n) is 6.75. The van der Waals surface area contributed by atoms with Crippen LogP contribution in [-0.4, -0.2) is 50.3 Å². The molecule has 1 N–H and O–H groups in total. The zero-order chi connectivity index (χ0) is 11.4. The molecule has 2 aliphatic rings. The van der Waals surface area contributed by atoms with Gasteiger partial charge in [-0.2, -0.15) is 0 Å². The van der Waals surface area contributed by atoms with Gasteiger partial charge in [0.15, 0.2) is 0 Å². The van der Waals surface area contributed by atoms with E-state index in [1.54, 1.807) is 0 Å². The Morgan fingerprint density at radius 1 is 1.31 bits per heavy atom. The first-order chi connectivity index (χ1) is 7.72. The van der Waals surface area contributed by atoms with Gasteiger partial charge in [-0.3, -0.25) is 0 Å². The van der Waals surface area contributed by atoms with Crippen LogP contribution in [0.1, 0.15) is 33.1 Å². The Balaban J connectivity index is 1.69. The van der Waals surface area contributed by atoms with Crippen LogP contribution in [0.2, 0.25) is 0 Å². The Bertz CT molecular complexity index is 216. The van der Waals surface area contributed by atoms with E-state index >= 15 is 0 Å². The molecule has 2 heterocycles. The average Bonchev–Trinajstić information content (AvgIpc) is 2.48. The highest BCUT2D eigenvalue weighted by atomic mass is 16.5. The van der Waals surface area contributed by atoms with E-state index in [1.165, 1.54) is 38.9 Å². The molecule has 0 radical (unpaired) electrons. The molecule has 0 spiro atoms. The van der Waals surface area contributed by atoms with Gasteiger partial charge in [-0.1, -0.05) is 13.8 Å². The first kappa shape index (κ1) is 12.3. The van der Waals surface area contributed by atoms with Crippen LogP contribution >= 0.6 is 0 Å². The predicted octanol–water partition coefficient (Wildman–Crippen LogP) is 1.49. The van der Waals surface area contributed by atoms with Crippen molar-refractivity contribution < 1.29 is 4.74 Å². The highest BCUT2D eigenvalue weighted by Crippen LogP contribution is 2.25. The summed E-state index contributed by atoms with van der Waals surface area (Å²) in [6.45, 7) is 11.3. The Labute approximate surface area is 99.5 Å². The van der Waals surface area contributed by atoms with Crippen LogP contribution in [0.15, 0.2) is 0 Å². The van der Waals surface area contributed by atoms with Gasteiger partial charge in [0.25, 0.3) is 0 Å². The summed E-state index contributed by atoms with van der Waals surface area (Å²) in [6.07, 6.45) is 4.00. The maximum absolute atomic E-state index is 5.29. The summed E-state index contributed by atoms with van der Waals surface area (Å²) in [7, 11) is 0. The number of rotatable bonds is 4. The van der Waals surface area contributed by atoms with E-state index in [0.29, 0.717) is 5.41 Å². The van der Waals surface area contributed by atoms with Crippen LogP contribution in [0.25, 0.3) is 0 Å². The predicted molar refractivity (Wildman–Crippen MR) is 66.7 cm³/mol. The van der Waals surface area contributed by atoms with E-state index in [2.05, 4.69) is 24.1 Å². The maximum atomic E-state index is 5.29. The van der Waals surface area contributed by atoms with Gasteiger partial charge < -0.3 is 15.0 Å². The quantitative estimate of drug-likeness (QED) is 0.786. The van der Waals surface area contributed by atoms with E-state index in [0.717, 1.165) is 25.8 Å². The van der Waals surface area contributed by atoms with Crippen LogP contribution in [0, 0.1) is 5.41 Å². The fourth-order valence-electron chi connectivity index (χ4n) is 2.62. The molecule has 16 heavy (non-hydrogen) atoms. The lowest BCUT2D eigenvalue weighted by atomic mass is 9.88. The molecule has 2 fully saturated rings. The van der Waals surface area contributed by atoms with Crippen molar-refractivity contribution in [2.75, 3.05) is 39.4 Å². The molecule has 3 nitrogen and oxygen atoms in total. The Kier molecular flexibility index (Phi) is 4.22. The molecular formula is C13H26N2O. The van der Waals surface area contributed by atoms with Gasteiger partial charge in [-0.25, -0.2) is 0 Å². The minimum atomic E-state index is 0.413. The lowest BCUT2D eigenvalue weighted by Gasteiger charge is -2.39. The molecule has 2 rings (SSSR count). The average molecular weight is 226 g/mol. The molecule has 2 saturated heterocycles. The number of ether oxygens (including phenoxy) is 1. The van der Waals surface area contributed by atoms with E-state index in [1.807, 2.05) is 0 Å². The van der Waals surface area contributed by atoms with Crippen molar-refractivity contribution in [1.82, 2.24) is 10.2 Å². The normalized spacial score (nSPS) is 30.8. The van der Waals surface area contributed by atoms with Crippen molar-refractivity contribution in [3.63, 3.8) is 0 Å². The number of likely N-dealkylation sites (tertiary alicyclic amines) is 1. The summed E-state index contributed by atoms with van der Waals surface area (Å²) in [5.74, 6) is 0. The van der Waals surface area contributed by atoms with Crippen molar-refractivity contribution >= 4 is 0 Å². The third-order valence-corrected chi connectivity index (χ3v) is 3.99. The summed E-state index contributed by atoms with van der Waals surface area (Å²) < 4.78 is 5.29. The second kappa shape index (κ2) is 5.48. The molecular weight excluding hydrogens is 200 g/mol. The van der Waals surface area contributed by atoms with Crippen LogP contribution in [0.4, 0.5) is 0 Å². The van der Waals surface area contributed by atoms with E-state index in [9.17, 15) is 0 Å². The summed E-state index contributed by atoms with van der Waals surface area (Å²) in [5, 5.41) is 3.74. The third-order valence-electron chi connectivity index (χ3n) is 3.99. The van der Waals surface area contributed by atoms with Crippen molar-refractivity contribution in [3.8, 4) is 0 Å². The van der Waals surface area contributed by atoms with Gasteiger partial charge in [0.1, 0.15) is 0 Å². The van der Waals surface area contributed by atoms with E-state index < -0.39 is 0 Å². The van der Waals surface area contributed by atoms with Gasteiger partial charge in [-0.15, -0.1) is 0 Å². The van der Waals surface area contributed by atoms with Crippen molar-refractivity contribution in [2.24, 2.45) is 5.41 Å². The van der Waals surface area contributed by atoms with Gasteiger partial charge >= 0.3 is 0 Å². The number of nitrogens with one attached hydrogen (secondary N) is 1. The molecule has 0 amide bonds. The van der Waals surface area contributed by atoms with E-state index in [4.69, 9.17) is 4.74 Å². The molecule has 3 heteroatoms. The zero-order valence-electron chi connectivity index (χ0n) is 10.8. The molecule has 0 saturated carbocycles. The second-order valence-electron chi connectivity index (χ2n) is 5.75. The molecule has 0 aromatic heterocycles. The lowest BCUT2D eigenvalue weighted by Crippen LogP contribution is -2.49. The molecule has 2 aliphatic heterocycles. The summed E-state index contributed by atoms with van der Waals surface area (Å²) >= 11 is 0. The maximum Gasteiger partial charge on any atom is 0.0554 e. The van der Waals surface area contributed by atoms with Crippen LogP contribution in [0.3, 0.4) is 0 Å². The molecule has 0 aromatic rings. The molecule has 1 atom stereocenters. The SMILES string of the molecule is CCN1CCCC(NCC2(C)COC2)CC1. The third kappa shape index (κ3) is 3.19. The summed E-state index contributed by atoms with van der Waals surface area (Å²) in [6, 6.07) is 0.731. The molecule has 1 unspecified atom stereocenters. The van der Waals surface area contributed by atoms with Crippen molar-refractivity contribution in [1.29, 1.82) is 0 Å². The standard InChI is InChI=1S/C13H26N2O/c1-3-15-7-4-5-12(6-8-15)14-9-13(2)10-16-11-13/h12,14H,3-11H2,1-2H3. The largest absolute Gasteiger partial charge is 0.380 e. The summed E-state index contributed by atoms with van der Waals surface area (Å²) in [5.41, 5.74) is 0.413. The number of hydrogen-bond acceptors (Lipinski definition) is 3. The molecule has 0 aliphatic carbocycles. The van der Waals surface area contributed by atoms with Crippen LogP contribution in [-0.2, 0) is 4.74 Å². The highest BCUT2D eigenvalue weighted by molar-refractivity contribution is 4.85. The lowest BCUT2D eigenvalue weighted by molar-refractivity contribution is -0.100. The van der Waals surface area contributed by atoms with Gasteiger partial charge in [0, 0.05) is 18.0 Å². The first-order valence-corrected chi connectivity index (χ1v) is 6.75. The molecule has 0 aromatic carbocycles. The smallest absolute Gasteiger partial charge is 0.0554 e. The van der Waals surface area contributed by atoms with Crippen LogP contribution < -0.4 is 5.32 Å². The minimum Gasteiger partial charge on any atom is -0.380 e. The van der Waals surface area contributed by atoms with E-state index in [-0.39, 0.29) is 0 Å². The van der Waals surface area contributed by atoms with Crippen molar-refractivity contribution in [3.05, 3.63) is 0 Å². The van der Waals surface area contributed by atoms with Gasteiger partial charge in [0.05, 0.1) is 13.2 Å². The molecule has 0 bridgehead atoms. The minimum absolute atomic E-state index is 0.413. The molecule has 94 valence electrons. The topological polar surface area (TPSA) is 24.5 Å². The van der Waals surface area contributed by atoms with Gasteiger partial charge in [0.2, 0.25) is 0 Å². The Morgan fingerprint density at radius 3 is 2.75 bits per heavy atom. The number of nitrogens with zero attached hydrogens (tertiary/aromatic N) is 1. The highest BCUT2D eigenvalue weighted by Gasteiger charge is 2.33. The van der Waals surface area contributed by atoms with Crippen molar-refractivity contribution in [2.45, 2.75) is 39.2 Å². The van der Waals surface area contributed by atoms with Gasteiger partial charge in [-0.05, 0) is 38.9 Å². The fraction of sp³-hybridized carbons (Fsp3) is 1.00. The second-order valence-corrected chi connectivity index (χ2v) is 5.75. The fourth-order valence-corrected chi connectivity index (χ4v) is 2.62. The monoisotopic (exact) mass is 226 g/mol.